The van der Waals surface area contributed by atoms with Crippen molar-refractivity contribution in [3.63, 3.8) is 0 Å². The second-order valence-corrected chi connectivity index (χ2v) is 5.86. The first-order valence-corrected chi connectivity index (χ1v) is 7.33. The molecule has 0 atom stereocenters. The lowest BCUT2D eigenvalue weighted by molar-refractivity contribution is -0.152. The fraction of sp³-hybridized carbons (Fsp3) is 0.417. The molecule has 0 spiro atoms. The largest absolute Gasteiger partial charge is 0.480 e. The van der Waals surface area contributed by atoms with Crippen molar-refractivity contribution in [3.8, 4) is 10.7 Å². The molecule has 110 valence electrons. The van der Waals surface area contributed by atoms with E-state index in [1.165, 1.54) is 16.1 Å². The van der Waals surface area contributed by atoms with Gasteiger partial charge in [0, 0.05) is 0 Å². The highest BCUT2D eigenvalue weighted by atomic mass is 32.1. The summed E-state index contributed by atoms with van der Waals surface area (Å²) in [4.78, 5) is 25.1. The monoisotopic (exact) mass is 307 g/mol. The third-order valence-electron chi connectivity index (χ3n) is 3.47. The van der Waals surface area contributed by atoms with Crippen molar-refractivity contribution in [2.75, 3.05) is 0 Å². The number of hydrogen-bond acceptors (Lipinski definition) is 6. The van der Waals surface area contributed by atoms with E-state index in [1.54, 1.807) is 0 Å². The number of nitrogens with zero attached hydrogens (tertiary/aromatic N) is 4. The van der Waals surface area contributed by atoms with Crippen LogP contribution in [-0.2, 0) is 16.1 Å². The molecule has 1 fully saturated rings. The Bertz CT molecular complexity index is 662. The number of tetrazole rings is 1. The average molecular weight is 307 g/mol. The van der Waals surface area contributed by atoms with Gasteiger partial charge in [-0.2, -0.15) is 4.80 Å². The molecule has 0 aromatic carbocycles. The second kappa shape index (κ2) is 5.24. The van der Waals surface area contributed by atoms with Crippen LogP contribution in [0.1, 0.15) is 19.3 Å². The number of hydrogen-bond donors (Lipinski definition) is 2. The van der Waals surface area contributed by atoms with Crippen LogP contribution in [0.15, 0.2) is 17.5 Å². The van der Waals surface area contributed by atoms with Gasteiger partial charge >= 0.3 is 5.97 Å². The first-order chi connectivity index (χ1) is 10.1. The van der Waals surface area contributed by atoms with Gasteiger partial charge in [0.1, 0.15) is 12.1 Å². The average Bonchev–Trinajstić information content (AvgIpc) is 3.03. The molecule has 2 aromatic heterocycles. The number of carboxylic acid groups (broad SMARTS) is 1. The van der Waals surface area contributed by atoms with Gasteiger partial charge in [0.2, 0.25) is 11.7 Å². The molecule has 21 heavy (non-hydrogen) atoms. The van der Waals surface area contributed by atoms with Crippen LogP contribution in [0.2, 0.25) is 0 Å². The number of nitrogens with one attached hydrogen (secondary N) is 1. The van der Waals surface area contributed by atoms with E-state index in [1.807, 2.05) is 17.5 Å². The predicted octanol–water partition coefficient (Wildman–Crippen LogP) is 0.525. The molecular weight excluding hydrogens is 294 g/mol. The molecule has 2 N–H and O–H groups in total. The third-order valence-corrected chi connectivity index (χ3v) is 4.34. The Morgan fingerprint density at radius 2 is 2.29 bits per heavy atom. The van der Waals surface area contributed by atoms with Crippen molar-refractivity contribution in [2.45, 2.75) is 31.3 Å². The number of thiophene rings is 1. The van der Waals surface area contributed by atoms with Gasteiger partial charge in [-0.25, -0.2) is 4.79 Å². The topological polar surface area (TPSA) is 110 Å². The maximum atomic E-state index is 11.9. The minimum Gasteiger partial charge on any atom is -0.480 e. The number of carbonyl (C=O) groups excluding carboxylic acids is 1. The first kappa shape index (κ1) is 13.7. The van der Waals surface area contributed by atoms with Crippen molar-refractivity contribution in [1.29, 1.82) is 0 Å². The lowest BCUT2D eigenvalue weighted by atomic mass is 9.77. The van der Waals surface area contributed by atoms with Gasteiger partial charge in [0.05, 0.1) is 4.88 Å². The quantitative estimate of drug-likeness (QED) is 0.833. The van der Waals surface area contributed by atoms with Crippen molar-refractivity contribution < 1.29 is 14.7 Å². The summed E-state index contributed by atoms with van der Waals surface area (Å²) in [5.41, 5.74) is -1.12. The Balaban J connectivity index is 1.64. The summed E-state index contributed by atoms with van der Waals surface area (Å²) in [5, 5.41) is 25.4. The molecule has 0 radical (unpaired) electrons. The van der Waals surface area contributed by atoms with Gasteiger partial charge in [-0.1, -0.05) is 6.07 Å². The normalized spacial score (nSPS) is 16.2. The molecule has 8 nitrogen and oxygen atoms in total. The fourth-order valence-electron chi connectivity index (χ4n) is 2.17. The summed E-state index contributed by atoms with van der Waals surface area (Å²) in [6, 6.07) is 3.74. The van der Waals surface area contributed by atoms with Gasteiger partial charge in [-0.15, -0.1) is 21.5 Å². The Labute approximate surface area is 123 Å². The standard InChI is InChI=1S/C12H13N5O3S/c18-9(13-12(11(19)20)4-2-5-12)7-17-15-10(14-16-17)8-3-1-6-21-8/h1,3,6H,2,4-5,7H2,(H,13,18)(H,19,20). The number of rotatable bonds is 5. The molecule has 0 unspecified atom stereocenters. The van der Waals surface area contributed by atoms with Crippen LogP contribution >= 0.6 is 11.3 Å². The molecule has 1 amide bonds. The predicted molar refractivity (Wildman–Crippen MR) is 73.5 cm³/mol. The SMILES string of the molecule is O=C(Cn1nnc(-c2cccs2)n1)NC1(C(=O)O)CCC1. The van der Waals surface area contributed by atoms with E-state index in [9.17, 15) is 9.59 Å². The van der Waals surface area contributed by atoms with E-state index in [0.29, 0.717) is 18.7 Å². The highest BCUT2D eigenvalue weighted by Gasteiger charge is 2.45. The van der Waals surface area contributed by atoms with E-state index in [0.717, 1.165) is 11.3 Å². The second-order valence-electron chi connectivity index (χ2n) is 4.91. The van der Waals surface area contributed by atoms with E-state index in [2.05, 4.69) is 20.7 Å². The molecule has 0 aliphatic heterocycles. The maximum Gasteiger partial charge on any atom is 0.329 e. The van der Waals surface area contributed by atoms with Crippen molar-refractivity contribution >= 4 is 23.2 Å². The minimum atomic E-state index is -1.12. The van der Waals surface area contributed by atoms with Crippen molar-refractivity contribution in [2.24, 2.45) is 0 Å². The summed E-state index contributed by atoms with van der Waals surface area (Å²) >= 11 is 1.48. The number of aromatic nitrogens is 4. The molecule has 2 aromatic rings. The van der Waals surface area contributed by atoms with Gasteiger partial charge in [-0.3, -0.25) is 4.79 Å². The smallest absolute Gasteiger partial charge is 0.329 e. The Hall–Kier alpha value is -2.29. The van der Waals surface area contributed by atoms with Gasteiger partial charge in [0.15, 0.2) is 0 Å². The summed E-state index contributed by atoms with van der Waals surface area (Å²) in [6.07, 6.45) is 1.72. The van der Waals surface area contributed by atoms with Crippen LogP contribution in [0.4, 0.5) is 0 Å². The highest BCUT2D eigenvalue weighted by Crippen LogP contribution is 2.31. The summed E-state index contributed by atoms with van der Waals surface area (Å²) in [6.45, 7) is -0.145. The number of aliphatic carboxylic acids is 1. The molecule has 3 rings (SSSR count). The highest BCUT2D eigenvalue weighted by molar-refractivity contribution is 7.13. The number of carbonyl (C=O) groups is 2. The van der Waals surface area contributed by atoms with E-state index in [-0.39, 0.29) is 6.54 Å². The summed E-state index contributed by atoms with van der Waals surface area (Å²) in [7, 11) is 0. The first-order valence-electron chi connectivity index (χ1n) is 6.45. The Kier molecular flexibility index (Phi) is 3.42. The summed E-state index contributed by atoms with van der Waals surface area (Å²) in [5.74, 6) is -0.963. The molecule has 1 aliphatic rings. The zero-order valence-electron chi connectivity index (χ0n) is 11.0. The zero-order chi connectivity index (χ0) is 14.9. The molecule has 2 heterocycles. The lowest BCUT2D eigenvalue weighted by Gasteiger charge is -2.38. The lowest BCUT2D eigenvalue weighted by Crippen LogP contribution is -2.59. The molecule has 9 heteroatoms. The Morgan fingerprint density at radius 3 is 2.86 bits per heavy atom. The van der Waals surface area contributed by atoms with Crippen molar-refractivity contribution in [1.82, 2.24) is 25.5 Å². The van der Waals surface area contributed by atoms with E-state index < -0.39 is 17.4 Å². The molecule has 0 saturated heterocycles. The minimum absolute atomic E-state index is 0.145. The Morgan fingerprint density at radius 1 is 1.48 bits per heavy atom. The fourth-order valence-corrected chi connectivity index (χ4v) is 2.82. The van der Waals surface area contributed by atoms with E-state index >= 15 is 0 Å². The van der Waals surface area contributed by atoms with Crippen LogP contribution in [0.3, 0.4) is 0 Å². The van der Waals surface area contributed by atoms with Crippen molar-refractivity contribution in [3.05, 3.63) is 17.5 Å². The number of amides is 1. The van der Waals surface area contributed by atoms with Crippen LogP contribution in [0.5, 0.6) is 0 Å². The van der Waals surface area contributed by atoms with Crippen LogP contribution in [0.25, 0.3) is 10.7 Å². The maximum absolute atomic E-state index is 11.9. The molecule has 1 aliphatic carbocycles. The zero-order valence-corrected chi connectivity index (χ0v) is 11.8. The van der Waals surface area contributed by atoms with Gasteiger partial charge < -0.3 is 10.4 Å². The van der Waals surface area contributed by atoms with Crippen LogP contribution in [0, 0.1) is 0 Å². The molecule has 0 bridgehead atoms. The van der Waals surface area contributed by atoms with Gasteiger partial charge in [0.25, 0.3) is 0 Å². The van der Waals surface area contributed by atoms with E-state index in [4.69, 9.17) is 5.11 Å². The molecular formula is C12H13N5O3S. The van der Waals surface area contributed by atoms with Crippen LogP contribution < -0.4 is 5.32 Å². The third kappa shape index (κ3) is 2.64. The van der Waals surface area contributed by atoms with Crippen LogP contribution in [-0.4, -0.2) is 42.7 Å². The summed E-state index contributed by atoms with van der Waals surface area (Å²) < 4.78 is 0. The number of carboxylic acids is 1. The molecule has 1 saturated carbocycles. The van der Waals surface area contributed by atoms with Gasteiger partial charge in [-0.05, 0) is 35.9 Å².